The van der Waals surface area contributed by atoms with Crippen molar-refractivity contribution >= 4 is 17.6 Å². The Bertz CT molecular complexity index is 470. The summed E-state index contributed by atoms with van der Waals surface area (Å²) in [5, 5.41) is 14.4. The van der Waals surface area contributed by atoms with Crippen LogP contribution in [0.15, 0.2) is 0 Å². The van der Waals surface area contributed by atoms with Crippen molar-refractivity contribution in [3.8, 4) is 0 Å². The molecule has 5 heteroatoms. The molecule has 1 aromatic rings. The molecular formula is C14H21ClN2O2. The van der Waals surface area contributed by atoms with Gasteiger partial charge in [0.25, 0.3) is 0 Å². The van der Waals surface area contributed by atoms with Crippen LogP contribution in [0.2, 0.25) is 5.02 Å². The van der Waals surface area contributed by atoms with Gasteiger partial charge in [0.1, 0.15) is 0 Å². The number of hydrogen-bond acceptors (Lipinski definition) is 2. The molecule has 4 nitrogen and oxygen atoms in total. The van der Waals surface area contributed by atoms with Gasteiger partial charge in [-0.25, -0.2) is 0 Å². The summed E-state index contributed by atoms with van der Waals surface area (Å²) in [5.74, 6) is -0.715. The van der Waals surface area contributed by atoms with E-state index >= 15 is 0 Å². The van der Waals surface area contributed by atoms with Gasteiger partial charge in [0.15, 0.2) is 0 Å². The number of halogens is 1. The summed E-state index contributed by atoms with van der Waals surface area (Å²) in [6.07, 6.45) is 5.42. The maximum atomic E-state index is 11.3. The number of carboxylic acid groups (broad SMARTS) is 1. The Morgan fingerprint density at radius 3 is 2.74 bits per heavy atom. The summed E-state index contributed by atoms with van der Waals surface area (Å²) < 4.78 is 1.81. The van der Waals surface area contributed by atoms with Crippen LogP contribution in [0.4, 0.5) is 0 Å². The highest BCUT2D eigenvalue weighted by molar-refractivity contribution is 6.31. The van der Waals surface area contributed by atoms with Gasteiger partial charge < -0.3 is 5.11 Å². The third-order valence-electron chi connectivity index (χ3n) is 4.18. The Balaban J connectivity index is 2.19. The summed E-state index contributed by atoms with van der Waals surface area (Å²) in [5.41, 5.74) is 1.89. The molecule has 1 aromatic heterocycles. The van der Waals surface area contributed by atoms with Crippen molar-refractivity contribution in [3.05, 3.63) is 16.4 Å². The van der Waals surface area contributed by atoms with E-state index < -0.39 is 5.97 Å². The van der Waals surface area contributed by atoms with E-state index in [-0.39, 0.29) is 11.8 Å². The lowest BCUT2D eigenvalue weighted by Gasteiger charge is -2.28. The number of carbonyl (C=O) groups is 1. The predicted octanol–water partition coefficient (Wildman–Crippen LogP) is 3.07. The molecule has 1 fully saturated rings. The summed E-state index contributed by atoms with van der Waals surface area (Å²) in [4.78, 5) is 11.3. The zero-order valence-electron chi connectivity index (χ0n) is 11.5. The molecule has 0 aliphatic heterocycles. The third kappa shape index (κ3) is 2.94. The number of aromatic nitrogens is 2. The predicted molar refractivity (Wildman–Crippen MR) is 74.4 cm³/mol. The Morgan fingerprint density at radius 1 is 1.47 bits per heavy atom. The average Bonchev–Trinajstić information content (AvgIpc) is 2.66. The first-order chi connectivity index (χ1) is 9.04. The highest BCUT2D eigenvalue weighted by atomic mass is 35.5. The Labute approximate surface area is 118 Å². The summed E-state index contributed by atoms with van der Waals surface area (Å²) >= 11 is 6.35. The fraction of sp³-hybridized carbons (Fsp3) is 0.714. The van der Waals surface area contributed by atoms with Crippen LogP contribution in [0.5, 0.6) is 0 Å². The van der Waals surface area contributed by atoms with Gasteiger partial charge in [0, 0.05) is 7.05 Å². The van der Waals surface area contributed by atoms with E-state index in [0.29, 0.717) is 0 Å². The largest absolute Gasteiger partial charge is 0.481 e. The number of aryl methyl sites for hydroxylation is 2. The van der Waals surface area contributed by atoms with Gasteiger partial charge in [-0.15, -0.1) is 0 Å². The Kier molecular flexibility index (Phi) is 4.50. The van der Waals surface area contributed by atoms with Gasteiger partial charge in [-0.05, 0) is 31.6 Å². The van der Waals surface area contributed by atoms with Crippen molar-refractivity contribution < 1.29 is 9.90 Å². The number of carboxylic acids is 1. The first-order valence-corrected chi connectivity index (χ1v) is 7.35. The van der Waals surface area contributed by atoms with Crippen molar-refractivity contribution in [2.45, 2.75) is 45.4 Å². The van der Waals surface area contributed by atoms with E-state index in [9.17, 15) is 9.90 Å². The second kappa shape index (κ2) is 5.95. The van der Waals surface area contributed by atoms with Gasteiger partial charge in [0.05, 0.1) is 22.3 Å². The van der Waals surface area contributed by atoms with Gasteiger partial charge in [-0.1, -0.05) is 31.4 Å². The van der Waals surface area contributed by atoms with E-state index in [2.05, 4.69) is 5.10 Å². The van der Waals surface area contributed by atoms with Crippen LogP contribution in [0.3, 0.4) is 0 Å². The lowest BCUT2D eigenvalue weighted by atomic mass is 9.77. The molecule has 2 atom stereocenters. The van der Waals surface area contributed by atoms with Gasteiger partial charge >= 0.3 is 5.97 Å². The number of aliphatic carboxylic acids is 1. The fourth-order valence-corrected chi connectivity index (χ4v) is 3.44. The Morgan fingerprint density at radius 2 is 2.16 bits per heavy atom. The normalized spacial score (nSPS) is 23.5. The summed E-state index contributed by atoms with van der Waals surface area (Å²) in [7, 11) is 1.89. The molecule has 0 spiro atoms. The van der Waals surface area contributed by atoms with E-state index in [1.54, 1.807) is 0 Å². The minimum atomic E-state index is -0.668. The SMILES string of the molecule is CCc1nn(C)c(CC2CCCCC2C(=O)O)c1Cl. The molecule has 0 aromatic carbocycles. The first-order valence-electron chi connectivity index (χ1n) is 6.97. The van der Waals surface area contributed by atoms with Crippen LogP contribution in [0, 0.1) is 11.8 Å². The molecule has 0 bridgehead atoms. The highest BCUT2D eigenvalue weighted by Gasteiger charge is 2.32. The molecule has 19 heavy (non-hydrogen) atoms. The van der Waals surface area contributed by atoms with Crippen LogP contribution in [-0.4, -0.2) is 20.9 Å². The number of hydrogen-bond donors (Lipinski definition) is 1. The van der Waals surface area contributed by atoms with E-state index in [0.717, 1.165) is 54.9 Å². The second-order valence-corrected chi connectivity index (χ2v) is 5.76. The quantitative estimate of drug-likeness (QED) is 0.924. The third-order valence-corrected chi connectivity index (χ3v) is 4.62. The smallest absolute Gasteiger partial charge is 0.306 e. The van der Waals surface area contributed by atoms with E-state index in [1.807, 2.05) is 18.7 Å². The molecule has 1 aliphatic rings. The molecule has 1 N–H and O–H groups in total. The van der Waals surface area contributed by atoms with Crippen molar-refractivity contribution in [1.29, 1.82) is 0 Å². The van der Waals surface area contributed by atoms with Crippen LogP contribution in [0.1, 0.15) is 44.0 Å². The zero-order chi connectivity index (χ0) is 14.0. The van der Waals surface area contributed by atoms with Crippen molar-refractivity contribution in [2.75, 3.05) is 0 Å². The minimum Gasteiger partial charge on any atom is -0.481 e. The van der Waals surface area contributed by atoms with E-state index in [4.69, 9.17) is 11.6 Å². The molecular weight excluding hydrogens is 264 g/mol. The molecule has 0 radical (unpaired) electrons. The van der Waals surface area contributed by atoms with Crippen molar-refractivity contribution in [3.63, 3.8) is 0 Å². The molecule has 2 rings (SSSR count). The minimum absolute atomic E-state index is 0.184. The van der Waals surface area contributed by atoms with Crippen molar-refractivity contribution in [2.24, 2.45) is 18.9 Å². The Hall–Kier alpha value is -1.03. The standard InChI is InChI=1S/C14H21ClN2O2/c1-3-11-13(15)12(17(2)16-11)8-9-6-4-5-7-10(9)14(18)19/h9-10H,3-8H2,1-2H3,(H,18,19). The summed E-state index contributed by atoms with van der Waals surface area (Å²) in [6.45, 7) is 2.03. The van der Waals surface area contributed by atoms with Crippen LogP contribution < -0.4 is 0 Å². The molecule has 0 saturated heterocycles. The topological polar surface area (TPSA) is 55.1 Å². The van der Waals surface area contributed by atoms with Gasteiger partial charge in [-0.3, -0.25) is 9.48 Å². The van der Waals surface area contributed by atoms with E-state index in [1.165, 1.54) is 0 Å². The van der Waals surface area contributed by atoms with Crippen LogP contribution in [-0.2, 0) is 24.7 Å². The zero-order valence-corrected chi connectivity index (χ0v) is 12.3. The van der Waals surface area contributed by atoms with Crippen LogP contribution in [0.25, 0.3) is 0 Å². The van der Waals surface area contributed by atoms with Crippen LogP contribution >= 0.6 is 11.6 Å². The molecule has 1 saturated carbocycles. The molecule has 2 unspecified atom stereocenters. The van der Waals surface area contributed by atoms with Gasteiger partial charge in [0.2, 0.25) is 0 Å². The molecule has 0 amide bonds. The number of rotatable bonds is 4. The fourth-order valence-electron chi connectivity index (χ4n) is 3.07. The average molecular weight is 285 g/mol. The first kappa shape index (κ1) is 14.4. The maximum absolute atomic E-state index is 11.3. The highest BCUT2D eigenvalue weighted by Crippen LogP contribution is 2.34. The van der Waals surface area contributed by atoms with Gasteiger partial charge in [-0.2, -0.15) is 5.10 Å². The lowest BCUT2D eigenvalue weighted by Crippen LogP contribution is -2.29. The monoisotopic (exact) mass is 284 g/mol. The maximum Gasteiger partial charge on any atom is 0.306 e. The number of nitrogens with zero attached hydrogens (tertiary/aromatic N) is 2. The second-order valence-electron chi connectivity index (χ2n) is 5.38. The molecule has 106 valence electrons. The molecule has 1 heterocycles. The lowest BCUT2D eigenvalue weighted by molar-refractivity contribution is -0.144. The molecule has 1 aliphatic carbocycles. The van der Waals surface area contributed by atoms with Crippen molar-refractivity contribution in [1.82, 2.24) is 9.78 Å². The summed E-state index contributed by atoms with van der Waals surface area (Å²) in [6, 6.07) is 0.